The molecular weight excluding hydrogens is 568 g/mol. The van der Waals surface area contributed by atoms with E-state index in [1.807, 2.05) is 30.3 Å². The van der Waals surface area contributed by atoms with Gasteiger partial charge in [0.2, 0.25) is 0 Å². The fraction of sp³-hybridized carbons (Fsp3) is 0.333. The first-order valence-electron chi connectivity index (χ1n) is 13.9. The Bertz CT molecular complexity index is 1640. The molecule has 0 saturated carbocycles. The van der Waals surface area contributed by atoms with Gasteiger partial charge in [-0.25, -0.2) is 14.9 Å². The third kappa shape index (κ3) is 6.25. The molecule has 43 heavy (non-hydrogen) atoms. The molecule has 2 aliphatic rings. The van der Waals surface area contributed by atoms with Crippen LogP contribution in [0.3, 0.4) is 0 Å². The van der Waals surface area contributed by atoms with Crippen LogP contribution in [0.1, 0.15) is 55.5 Å². The number of carbonyl (C=O) groups excluding carboxylic acids is 2. The Morgan fingerprint density at radius 3 is 2.60 bits per heavy atom. The van der Waals surface area contributed by atoms with E-state index in [-0.39, 0.29) is 77.1 Å². The number of fused-ring (bicyclic) bond motifs is 3. The van der Waals surface area contributed by atoms with Crippen LogP contribution in [0.25, 0.3) is 22.5 Å². The van der Waals surface area contributed by atoms with Gasteiger partial charge in [-0.05, 0) is 46.5 Å². The Labute approximate surface area is 293 Å². The van der Waals surface area contributed by atoms with Crippen LogP contribution in [-0.2, 0) is 33.7 Å². The predicted octanol–water partition coefficient (Wildman–Crippen LogP) is 2.64. The molecule has 13 heteroatoms. The van der Waals surface area contributed by atoms with E-state index in [9.17, 15) is 14.7 Å². The minimum absolute atomic E-state index is 0. The van der Waals surface area contributed by atoms with E-state index in [0.717, 1.165) is 58.7 Å². The van der Waals surface area contributed by atoms with E-state index >= 15 is 0 Å². The second-order valence-corrected chi connectivity index (χ2v) is 10.2. The third-order valence-corrected chi connectivity index (χ3v) is 7.66. The summed E-state index contributed by atoms with van der Waals surface area (Å²) in [6.45, 7) is 4.72. The number of hydrogen-bond donors (Lipinski definition) is 2. The number of nitrogens with zero attached hydrogens (tertiary/aromatic N) is 6. The van der Waals surface area contributed by atoms with Crippen LogP contribution in [0.4, 0.5) is 0 Å². The number of H-pyrrole nitrogens is 1. The number of aromatic amines is 1. The molecule has 214 valence electrons. The molecule has 2 aromatic carbocycles. The van der Waals surface area contributed by atoms with Gasteiger partial charge in [-0.2, -0.15) is 0 Å². The number of imidazole rings is 1. The Morgan fingerprint density at radius 1 is 1.12 bits per heavy atom. The van der Waals surface area contributed by atoms with E-state index in [1.54, 1.807) is 11.8 Å². The van der Waals surface area contributed by atoms with Gasteiger partial charge in [0, 0.05) is 31.5 Å². The third-order valence-electron chi connectivity index (χ3n) is 7.66. The molecule has 6 rings (SSSR count). The summed E-state index contributed by atoms with van der Waals surface area (Å²) in [5, 5.41) is 25.9. The van der Waals surface area contributed by atoms with Gasteiger partial charge in [0.05, 0.1) is 18.0 Å². The second-order valence-electron chi connectivity index (χ2n) is 10.2. The van der Waals surface area contributed by atoms with Crippen molar-refractivity contribution in [2.75, 3.05) is 13.2 Å². The van der Waals surface area contributed by atoms with Crippen molar-refractivity contribution in [1.82, 2.24) is 35.1 Å². The number of rotatable bonds is 9. The van der Waals surface area contributed by atoms with Crippen LogP contribution < -0.4 is 0 Å². The summed E-state index contributed by atoms with van der Waals surface area (Å²) < 4.78 is 7.19. The maximum absolute atomic E-state index is 13.2. The van der Waals surface area contributed by atoms with Gasteiger partial charge in [-0.3, -0.25) is 4.79 Å². The van der Waals surface area contributed by atoms with E-state index in [2.05, 4.69) is 50.3 Å². The fourth-order valence-corrected chi connectivity index (χ4v) is 5.75. The number of carbonyl (C=O) groups is 2. The van der Waals surface area contributed by atoms with Gasteiger partial charge in [0.1, 0.15) is 17.6 Å². The Kier molecular flexibility index (Phi) is 11.0. The first-order valence-corrected chi connectivity index (χ1v) is 13.9. The molecule has 2 aliphatic heterocycles. The summed E-state index contributed by atoms with van der Waals surface area (Å²) in [6.07, 6.45) is 3.23. The standard InChI is InChI=1S/C30H31N7O4.2Na.2H/c1-3-5-11-23-31-22-14-15-36-26(27(38)24(29(36)39)30(40)41-4-2)25(22)37(23)17-18-12-13-20(19-9-7-6-8-10-19)21(16-18)28-32-34-35-33-28;;;;/h6-10,12-13,16,26,38H,3-5,11,14-15,17H2,1-2H3,(H,32,33,34,35);;;;. The molecule has 1 amide bonds. The average molecular weight is 602 g/mol. The number of amides is 1. The van der Waals surface area contributed by atoms with Gasteiger partial charge in [0.15, 0.2) is 11.4 Å². The van der Waals surface area contributed by atoms with Gasteiger partial charge in [0.25, 0.3) is 5.91 Å². The van der Waals surface area contributed by atoms with Crippen LogP contribution in [0.15, 0.2) is 59.9 Å². The molecule has 0 saturated heterocycles. The number of esters is 1. The van der Waals surface area contributed by atoms with Crippen molar-refractivity contribution in [2.45, 2.75) is 52.1 Å². The van der Waals surface area contributed by atoms with Crippen molar-refractivity contribution < 1.29 is 19.4 Å². The summed E-state index contributed by atoms with van der Waals surface area (Å²) in [4.78, 5) is 32.4. The quantitative estimate of drug-likeness (QED) is 0.170. The summed E-state index contributed by atoms with van der Waals surface area (Å²) in [5.41, 5.74) is 5.14. The van der Waals surface area contributed by atoms with Gasteiger partial charge >= 0.3 is 65.1 Å². The molecule has 0 radical (unpaired) electrons. The first-order chi connectivity index (χ1) is 20.0. The first kappa shape index (κ1) is 33.1. The van der Waals surface area contributed by atoms with Crippen molar-refractivity contribution >= 4 is 71.0 Å². The second kappa shape index (κ2) is 14.3. The topological polar surface area (TPSA) is 139 Å². The number of nitrogens with one attached hydrogen (secondary N) is 1. The molecule has 0 fully saturated rings. The van der Waals surface area contributed by atoms with Crippen LogP contribution in [0, 0.1) is 0 Å². The molecule has 4 aromatic rings. The zero-order valence-corrected chi connectivity index (χ0v) is 23.0. The molecular formula is C30H33N7Na2O4. The SMILES string of the molecule is CCCCc1nc2c(n1Cc1ccc(-c3ccccc3)c(-c3nnn[nH]3)c1)C1C(O)=C(C(=O)OCC)C(=O)N1CC2.[NaH].[NaH]. The summed E-state index contributed by atoms with van der Waals surface area (Å²) in [5.74, 6) is -0.141. The van der Waals surface area contributed by atoms with E-state index in [1.165, 1.54) is 0 Å². The molecule has 1 atom stereocenters. The predicted molar refractivity (Wildman–Crippen MR) is 164 cm³/mol. The van der Waals surface area contributed by atoms with Gasteiger partial charge < -0.3 is 19.3 Å². The summed E-state index contributed by atoms with van der Waals surface area (Å²) >= 11 is 0. The van der Waals surface area contributed by atoms with Crippen LogP contribution in [0.2, 0.25) is 0 Å². The number of ether oxygens (including phenoxy) is 1. The van der Waals surface area contributed by atoms with Crippen molar-refractivity contribution in [3.63, 3.8) is 0 Å². The van der Waals surface area contributed by atoms with Gasteiger partial charge in [-0.15, -0.1) is 5.10 Å². The Morgan fingerprint density at radius 2 is 1.91 bits per heavy atom. The average Bonchev–Trinajstić information content (AvgIpc) is 3.70. The molecule has 11 nitrogen and oxygen atoms in total. The molecule has 1 unspecified atom stereocenters. The number of unbranched alkanes of at least 4 members (excludes halogenated alkanes) is 1. The van der Waals surface area contributed by atoms with Crippen molar-refractivity contribution in [3.8, 4) is 22.5 Å². The molecule has 2 aromatic heterocycles. The van der Waals surface area contributed by atoms with Crippen LogP contribution >= 0.6 is 0 Å². The minimum atomic E-state index is -0.801. The number of hydrogen-bond acceptors (Lipinski definition) is 8. The zero-order chi connectivity index (χ0) is 28.5. The van der Waals surface area contributed by atoms with Crippen molar-refractivity contribution in [3.05, 3.63) is 82.6 Å². The molecule has 0 aliphatic carbocycles. The van der Waals surface area contributed by atoms with Crippen molar-refractivity contribution in [1.29, 1.82) is 0 Å². The van der Waals surface area contributed by atoms with Crippen LogP contribution in [-0.4, -0.2) is 124 Å². The number of aromatic nitrogens is 6. The Hall–Kier alpha value is -2.80. The molecule has 0 spiro atoms. The Balaban J connectivity index is 0.00000212. The maximum atomic E-state index is 13.2. The molecule has 0 bridgehead atoms. The van der Waals surface area contributed by atoms with Gasteiger partial charge in [-0.1, -0.05) is 55.8 Å². The van der Waals surface area contributed by atoms with Crippen molar-refractivity contribution in [2.24, 2.45) is 0 Å². The van der Waals surface area contributed by atoms with E-state index < -0.39 is 17.9 Å². The number of aliphatic hydroxyl groups is 1. The summed E-state index contributed by atoms with van der Waals surface area (Å²) in [7, 11) is 0. The molecule has 4 heterocycles. The van der Waals surface area contributed by atoms with E-state index in [4.69, 9.17) is 9.72 Å². The molecule has 2 N–H and O–H groups in total. The normalized spacial score (nSPS) is 15.4. The number of aliphatic hydroxyl groups excluding tert-OH is 1. The monoisotopic (exact) mass is 601 g/mol. The van der Waals surface area contributed by atoms with E-state index in [0.29, 0.717) is 25.3 Å². The number of aryl methyl sites for hydroxylation is 1. The van der Waals surface area contributed by atoms with Crippen LogP contribution in [0.5, 0.6) is 0 Å². The number of tetrazole rings is 1. The zero-order valence-electron chi connectivity index (χ0n) is 23.0. The summed E-state index contributed by atoms with van der Waals surface area (Å²) in [6, 6.07) is 15.4. The fourth-order valence-electron chi connectivity index (χ4n) is 5.75. The number of benzene rings is 2.